The van der Waals surface area contributed by atoms with Crippen LogP contribution in [0.5, 0.6) is 0 Å². The third-order valence-corrected chi connectivity index (χ3v) is 5.42. The van der Waals surface area contributed by atoms with E-state index in [1.54, 1.807) is 0 Å². The fourth-order valence-electron chi connectivity index (χ4n) is 1.95. The maximum Gasteiger partial charge on any atom is 0.193 e. The Morgan fingerprint density at radius 3 is 2.38 bits per heavy atom. The molecule has 1 rings (SSSR count). The molecule has 4 nitrogen and oxygen atoms in total. The molecule has 0 spiro atoms. The topological polar surface area (TPSA) is 44.7 Å². The van der Waals surface area contributed by atoms with Crippen LogP contribution in [0.1, 0.15) is 33.3 Å². The summed E-state index contributed by atoms with van der Waals surface area (Å²) in [5.74, 6) is 1.40. The van der Waals surface area contributed by atoms with E-state index in [-0.39, 0.29) is 28.7 Å². The minimum absolute atomic E-state index is 0. The first-order valence-corrected chi connectivity index (χ1v) is 9.56. The lowest BCUT2D eigenvalue weighted by molar-refractivity contribution is 0.477. The fourth-order valence-corrected chi connectivity index (χ4v) is 2.94. The average Bonchev–Trinajstić information content (AvgIpc) is 2.47. The van der Waals surface area contributed by atoms with Crippen LogP contribution in [-0.2, 0) is 17.3 Å². The first-order chi connectivity index (χ1) is 10.7. The van der Waals surface area contributed by atoms with Gasteiger partial charge < -0.3 is 10.2 Å². The summed E-state index contributed by atoms with van der Waals surface area (Å²) in [6.07, 6.45) is 0. The van der Waals surface area contributed by atoms with E-state index in [1.165, 1.54) is 5.56 Å². The zero-order chi connectivity index (χ0) is 17.5. The van der Waals surface area contributed by atoms with Gasteiger partial charge in [0.25, 0.3) is 0 Å². The van der Waals surface area contributed by atoms with Gasteiger partial charge in [-0.15, -0.1) is 24.0 Å². The van der Waals surface area contributed by atoms with Crippen molar-refractivity contribution in [2.24, 2.45) is 4.99 Å². The van der Waals surface area contributed by atoms with E-state index in [0.717, 1.165) is 24.1 Å². The highest BCUT2D eigenvalue weighted by molar-refractivity contribution is 14.0. The molecule has 0 fully saturated rings. The summed E-state index contributed by atoms with van der Waals surface area (Å²) in [4.78, 5) is 6.66. The van der Waals surface area contributed by atoms with Crippen molar-refractivity contribution >= 4 is 52.3 Å². The molecule has 1 aromatic rings. The van der Waals surface area contributed by atoms with Gasteiger partial charge in [0, 0.05) is 46.5 Å². The van der Waals surface area contributed by atoms with Gasteiger partial charge in [0.1, 0.15) is 0 Å². The van der Waals surface area contributed by atoms with Gasteiger partial charge in [-0.25, -0.2) is 0 Å². The predicted molar refractivity (Wildman–Crippen MR) is 117 cm³/mol. The molecule has 7 heteroatoms. The van der Waals surface area contributed by atoms with E-state index in [0.29, 0.717) is 12.3 Å². The van der Waals surface area contributed by atoms with Gasteiger partial charge in [-0.05, 0) is 45.4 Å². The van der Waals surface area contributed by atoms with Gasteiger partial charge >= 0.3 is 0 Å². The number of nitrogens with one attached hydrogen (secondary N) is 1. The van der Waals surface area contributed by atoms with Gasteiger partial charge in [-0.2, -0.15) is 0 Å². The minimum Gasteiger partial charge on any atom is -0.357 e. The third-order valence-electron chi connectivity index (χ3n) is 3.25. The number of rotatable bonds is 6. The first kappa shape index (κ1) is 23.7. The lowest BCUT2D eigenvalue weighted by atomic mass is 10.2. The maximum atomic E-state index is 12.1. The zero-order valence-electron chi connectivity index (χ0n) is 15.1. The van der Waals surface area contributed by atoms with Crippen molar-refractivity contribution < 1.29 is 4.21 Å². The second-order valence-corrected chi connectivity index (χ2v) is 9.14. The molecule has 0 radical (unpaired) electrons. The Hall–Kier alpha value is -0.340. The SMILES string of the molecule is CCNC(=NCCS(=O)C(C)(C)C)N(C)Cc1ccc(Cl)cc1.I. The molecule has 0 saturated heterocycles. The van der Waals surface area contributed by atoms with Crippen LogP contribution in [0.3, 0.4) is 0 Å². The van der Waals surface area contributed by atoms with Crippen LogP contribution in [0.15, 0.2) is 29.3 Å². The molecular formula is C17H29ClIN3OS. The largest absolute Gasteiger partial charge is 0.357 e. The highest BCUT2D eigenvalue weighted by Crippen LogP contribution is 2.12. The van der Waals surface area contributed by atoms with Crippen LogP contribution in [0.4, 0.5) is 0 Å². The average molecular weight is 486 g/mol. The number of hydrogen-bond donors (Lipinski definition) is 1. The summed E-state index contributed by atoms with van der Waals surface area (Å²) in [5, 5.41) is 4.02. The van der Waals surface area contributed by atoms with E-state index in [2.05, 4.69) is 15.2 Å². The molecule has 0 bridgehead atoms. The molecule has 24 heavy (non-hydrogen) atoms. The van der Waals surface area contributed by atoms with E-state index in [9.17, 15) is 4.21 Å². The molecule has 0 saturated carbocycles. The van der Waals surface area contributed by atoms with Gasteiger partial charge in [-0.3, -0.25) is 9.20 Å². The number of nitrogens with zero attached hydrogens (tertiary/aromatic N) is 2. The molecule has 1 unspecified atom stereocenters. The van der Waals surface area contributed by atoms with Crippen molar-refractivity contribution in [3.63, 3.8) is 0 Å². The standard InChI is InChI=1S/C17H28ClN3OS.HI/c1-6-19-16(20-11-12-23(22)17(2,3)4)21(5)13-14-7-9-15(18)10-8-14;/h7-10H,6,11-13H2,1-5H3,(H,19,20);1H. The zero-order valence-corrected chi connectivity index (χ0v) is 19.0. The summed E-state index contributed by atoms with van der Waals surface area (Å²) in [6, 6.07) is 7.80. The molecule has 0 aliphatic heterocycles. The smallest absolute Gasteiger partial charge is 0.193 e. The summed E-state index contributed by atoms with van der Waals surface area (Å²) >= 11 is 5.92. The Morgan fingerprint density at radius 1 is 1.29 bits per heavy atom. The molecule has 0 amide bonds. The third kappa shape index (κ3) is 8.67. The van der Waals surface area contributed by atoms with Gasteiger partial charge in [0.2, 0.25) is 0 Å². The number of hydrogen-bond acceptors (Lipinski definition) is 2. The second kappa shape index (κ2) is 11.3. The van der Waals surface area contributed by atoms with E-state index in [4.69, 9.17) is 11.6 Å². The minimum atomic E-state index is -0.880. The first-order valence-electron chi connectivity index (χ1n) is 7.86. The molecule has 1 N–H and O–H groups in total. The Morgan fingerprint density at radius 2 is 1.88 bits per heavy atom. The Balaban J connectivity index is 0.00000529. The fraction of sp³-hybridized carbons (Fsp3) is 0.588. The van der Waals surface area contributed by atoms with Crippen molar-refractivity contribution in [3.8, 4) is 0 Å². The summed E-state index contributed by atoms with van der Waals surface area (Å²) in [7, 11) is 1.12. The number of aliphatic imine (C=N–C) groups is 1. The lowest BCUT2D eigenvalue weighted by Gasteiger charge is -2.22. The molecular weight excluding hydrogens is 457 g/mol. The summed E-state index contributed by atoms with van der Waals surface area (Å²) in [5.41, 5.74) is 1.17. The van der Waals surface area contributed by atoms with Crippen LogP contribution in [0.25, 0.3) is 0 Å². The quantitative estimate of drug-likeness (QED) is 0.378. The highest BCUT2D eigenvalue weighted by atomic mass is 127. The Kier molecular flexibility index (Phi) is 11.1. The normalized spacial score (nSPS) is 13.2. The van der Waals surface area contributed by atoms with Crippen LogP contribution in [0.2, 0.25) is 5.02 Å². The van der Waals surface area contributed by atoms with Crippen molar-refractivity contribution in [2.45, 2.75) is 39.0 Å². The van der Waals surface area contributed by atoms with Gasteiger partial charge in [-0.1, -0.05) is 23.7 Å². The van der Waals surface area contributed by atoms with Crippen LogP contribution >= 0.6 is 35.6 Å². The number of benzene rings is 1. The Labute approximate surface area is 170 Å². The number of guanidine groups is 1. The summed E-state index contributed by atoms with van der Waals surface area (Å²) in [6.45, 7) is 10.1. The second-order valence-electron chi connectivity index (χ2n) is 6.38. The molecule has 1 aromatic carbocycles. The maximum absolute atomic E-state index is 12.1. The van der Waals surface area contributed by atoms with Crippen molar-refractivity contribution in [1.29, 1.82) is 0 Å². The molecule has 1 atom stereocenters. The van der Waals surface area contributed by atoms with Crippen molar-refractivity contribution in [2.75, 3.05) is 25.9 Å². The predicted octanol–water partition coefficient (Wildman–Crippen LogP) is 3.90. The van der Waals surface area contributed by atoms with Crippen LogP contribution in [-0.4, -0.2) is 45.7 Å². The molecule has 0 aliphatic carbocycles. The van der Waals surface area contributed by atoms with Crippen molar-refractivity contribution in [1.82, 2.24) is 10.2 Å². The van der Waals surface area contributed by atoms with Crippen molar-refractivity contribution in [3.05, 3.63) is 34.9 Å². The van der Waals surface area contributed by atoms with E-state index >= 15 is 0 Å². The van der Waals surface area contributed by atoms with Crippen LogP contribution < -0.4 is 5.32 Å². The lowest BCUT2D eigenvalue weighted by Crippen LogP contribution is -2.39. The summed E-state index contributed by atoms with van der Waals surface area (Å²) < 4.78 is 11.9. The Bertz CT molecular complexity index is 544. The molecule has 0 aromatic heterocycles. The molecule has 138 valence electrons. The van der Waals surface area contributed by atoms with Gasteiger partial charge in [0.15, 0.2) is 5.96 Å². The van der Waals surface area contributed by atoms with E-state index in [1.807, 2.05) is 59.0 Å². The van der Waals surface area contributed by atoms with Crippen LogP contribution in [0, 0.1) is 0 Å². The molecule has 0 aliphatic rings. The van der Waals surface area contributed by atoms with E-state index < -0.39 is 10.8 Å². The molecule has 0 heterocycles. The van der Waals surface area contributed by atoms with Gasteiger partial charge in [0.05, 0.1) is 6.54 Å². The number of halogens is 2. The monoisotopic (exact) mass is 485 g/mol. The highest BCUT2D eigenvalue weighted by Gasteiger charge is 2.18.